The van der Waals surface area contributed by atoms with E-state index in [-0.39, 0.29) is 16.3 Å². The molecule has 0 aliphatic heterocycles. The highest BCUT2D eigenvalue weighted by atomic mass is 35.5. The van der Waals surface area contributed by atoms with Crippen LogP contribution in [0, 0.1) is 6.92 Å². The lowest BCUT2D eigenvalue weighted by atomic mass is 10.1. The minimum absolute atomic E-state index is 0.0438. The largest absolute Gasteiger partial charge is 0.485 e. The van der Waals surface area contributed by atoms with Gasteiger partial charge < -0.3 is 4.74 Å². The van der Waals surface area contributed by atoms with Gasteiger partial charge in [-0.2, -0.15) is 5.10 Å². The molecule has 0 unspecified atom stereocenters. The molecule has 0 N–H and O–H groups in total. The number of halogens is 1. The van der Waals surface area contributed by atoms with E-state index in [1.54, 1.807) is 0 Å². The van der Waals surface area contributed by atoms with E-state index in [9.17, 15) is 4.79 Å². The van der Waals surface area contributed by atoms with Crippen molar-refractivity contribution < 1.29 is 4.74 Å². The standard InChI is InChI=1S/C21H22ClN3O2/c1-14-5-8-17(11-23-14)16-9-6-15(7-10-16)13-27-18-12-24-25(21(2,3)4)20(26)19(18)22/h5-12H,13H2,1-4H3. The number of hydrogen-bond acceptors (Lipinski definition) is 4. The van der Waals surface area contributed by atoms with Gasteiger partial charge in [-0.25, -0.2) is 4.68 Å². The predicted molar refractivity (Wildman–Crippen MR) is 107 cm³/mol. The van der Waals surface area contributed by atoms with Gasteiger partial charge in [-0.3, -0.25) is 9.78 Å². The molecule has 0 radical (unpaired) electrons. The first kappa shape index (κ1) is 19.1. The molecule has 0 aliphatic rings. The van der Waals surface area contributed by atoms with Crippen LogP contribution >= 0.6 is 11.6 Å². The monoisotopic (exact) mass is 383 g/mol. The zero-order chi connectivity index (χ0) is 19.6. The Labute approximate surface area is 163 Å². The zero-order valence-corrected chi connectivity index (χ0v) is 16.6. The number of aromatic nitrogens is 3. The molecule has 0 amide bonds. The van der Waals surface area contributed by atoms with Crippen molar-refractivity contribution in [3.63, 3.8) is 0 Å². The van der Waals surface area contributed by atoms with E-state index >= 15 is 0 Å². The third-order valence-electron chi connectivity index (χ3n) is 4.12. The molecule has 0 fully saturated rings. The molecule has 5 nitrogen and oxygen atoms in total. The number of aryl methyl sites for hydroxylation is 1. The fourth-order valence-corrected chi connectivity index (χ4v) is 2.77. The van der Waals surface area contributed by atoms with Crippen LogP contribution < -0.4 is 10.3 Å². The van der Waals surface area contributed by atoms with E-state index in [4.69, 9.17) is 16.3 Å². The van der Waals surface area contributed by atoms with Crippen LogP contribution in [-0.2, 0) is 12.1 Å². The van der Waals surface area contributed by atoms with Gasteiger partial charge in [-0.05, 0) is 44.9 Å². The molecule has 140 valence electrons. The summed E-state index contributed by atoms with van der Waals surface area (Å²) in [6, 6.07) is 12.0. The topological polar surface area (TPSA) is 57.0 Å². The van der Waals surface area contributed by atoms with E-state index in [2.05, 4.69) is 10.1 Å². The molecule has 2 aromatic heterocycles. The number of rotatable bonds is 4. The molecule has 0 spiro atoms. The first-order valence-electron chi connectivity index (χ1n) is 8.69. The Hall–Kier alpha value is -2.66. The second-order valence-electron chi connectivity index (χ2n) is 7.38. The molecule has 0 aliphatic carbocycles. The maximum Gasteiger partial charge on any atom is 0.289 e. The van der Waals surface area contributed by atoms with Crippen LogP contribution in [0.5, 0.6) is 5.75 Å². The van der Waals surface area contributed by atoms with Crippen LogP contribution in [0.25, 0.3) is 11.1 Å². The van der Waals surface area contributed by atoms with Crippen molar-refractivity contribution in [1.82, 2.24) is 14.8 Å². The van der Waals surface area contributed by atoms with Crippen molar-refractivity contribution in [3.8, 4) is 16.9 Å². The first-order chi connectivity index (χ1) is 12.8. The van der Waals surface area contributed by atoms with Crippen molar-refractivity contribution in [2.45, 2.75) is 39.8 Å². The summed E-state index contributed by atoms with van der Waals surface area (Å²) < 4.78 is 7.07. The number of pyridine rings is 1. The molecule has 0 bridgehead atoms. The van der Waals surface area contributed by atoms with Gasteiger partial charge in [0.2, 0.25) is 0 Å². The lowest BCUT2D eigenvalue weighted by molar-refractivity contribution is 0.292. The Kier molecular flexibility index (Phi) is 5.33. The molecule has 3 aromatic rings. The van der Waals surface area contributed by atoms with Gasteiger partial charge in [0.15, 0.2) is 10.8 Å². The minimum Gasteiger partial charge on any atom is -0.485 e. The molecular formula is C21H22ClN3O2. The summed E-state index contributed by atoms with van der Waals surface area (Å²) in [6.07, 6.45) is 3.35. The van der Waals surface area contributed by atoms with Crippen molar-refractivity contribution in [2.75, 3.05) is 0 Å². The molecule has 27 heavy (non-hydrogen) atoms. The normalized spacial score (nSPS) is 11.4. The Bertz CT molecular complexity index is 988. The lowest BCUT2D eigenvalue weighted by Crippen LogP contribution is -2.36. The second-order valence-corrected chi connectivity index (χ2v) is 7.76. The summed E-state index contributed by atoms with van der Waals surface area (Å²) in [4.78, 5) is 16.7. The first-order valence-corrected chi connectivity index (χ1v) is 9.06. The smallest absolute Gasteiger partial charge is 0.289 e. The van der Waals surface area contributed by atoms with Crippen molar-refractivity contribution in [2.24, 2.45) is 0 Å². The third-order valence-corrected chi connectivity index (χ3v) is 4.46. The van der Waals surface area contributed by atoms with Gasteiger partial charge in [0.05, 0.1) is 11.7 Å². The minimum atomic E-state index is -0.445. The SMILES string of the molecule is Cc1ccc(-c2ccc(COc3cnn(C(C)(C)C)c(=O)c3Cl)cc2)cn1. The molecule has 0 atom stereocenters. The van der Waals surface area contributed by atoms with E-state index in [1.165, 1.54) is 10.9 Å². The van der Waals surface area contributed by atoms with Gasteiger partial charge in [0.1, 0.15) is 6.61 Å². The highest BCUT2D eigenvalue weighted by Gasteiger charge is 2.19. The summed E-state index contributed by atoms with van der Waals surface area (Å²) >= 11 is 6.18. The van der Waals surface area contributed by atoms with E-state index in [1.807, 2.05) is 70.3 Å². The van der Waals surface area contributed by atoms with E-state index in [0.29, 0.717) is 6.61 Å². The second kappa shape index (κ2) is 7.53. The van der Waals surface area contributed by atoms with Crippen molar-refractivity contribution in [3.05, 3.63) is 75.4 Å². The molecule has 0 saturated heterocycles. The number of ether oxygens (including phenoxy) is 1. The van der Waals surface area contributed by atoms with Crippen LogP contribution in [-0.4, -0.2) is 14.8 Å². The number of hydrogen-bond donors (Lipinski definition) is 0. The molecular weight excluding hydrogens is 362 g/mol. The molecule has 3 rings (SSSR count). The number of benzene rings is 1. The summed E-state index contributed by atoms with van der Waals surface area (Å²) in [5.74, 6) is 0.286. The average Bonchev–Trinajstić information content (AvgIpc) is 2.63. The van der Waals surface area contributed by atoms with Gasteiger partial charge in [-0.15, -0.1) is 0 Å². The molecule has 1 aromatic carbocycles. The van der Waals surface area contributed by atoms with Gasteiger partial charge in [-0.1, -0.05) is 41.9 Å². The summed E-state index contributed by atoms with van der Waals surface area (Å²) in [6.45, 7) is 7.94. The lowest BCUT2D eigenvalue weighted by Gasteiger charge is -2.21. The highest BCUT2D eigenvalue weighted by molar-refractivity contribution is 6.31. The fourth-order valence-electron chi connectivity index (χ4n) is 2.59. The highest BCUT2D eigenvalue weighted by Crippen LogP contribution is 2.23. The van der Waals surface area contributed by atoms with Crippen LogP contribution in [0.15, 0.2) is 53.6 Å². The molecule has 0 saturated carbocycles. The average molecular weight is 384 g/mol. The Morgan fingerprint density at radius 2 is 1.70 bits per heavy atom. The van der Waals surface area contributed by atoms with E-state index in [0.717, 1.165) is 22.4 Å². The van der Waals surface area contributed by atoms with Gasteiger partial charge >= 0.3 is 0 Å². The maximum atomic E-state index is 12.4. The quantitative estimate of drug-likeness (QED) is 0.660. The van der Waals surface area contributed by atoms with Crippen molar-refractivity contribution in [1.29, 1.82) is 0 Å². The fraction of sp³-hybridized carbons (Fsp3) is 0.286. The van der Waals surface area contributed by atoms with Gasteiger partial charge in [0.25, 0.3) is 5.56 Å². The van der Waals surface area contributed by atoms with E-state index < -0.39 is 5.54 Å². The summed E-state index contributed by atoms with van der Waals surface area (Å²) in [5.41, 5.74) is 3.30. The van der Waals surface area contributed by atoms with Crippen molar-refractivity contribution >= 4 is 11.6 Å². The predicted octanol–water partition coefficient (Wildman–Crippen LogP) is 4.60. The Morgan fingerprint density at radius 3 is 2.30 bits per heavy atom. The van der Waals surface area contributed by atoms with Crippen LogP contribution in [0.1, 0.15) is 32.0 Å². The molecule has 6 heteroatoms. The van der Waals surface area contributed by atoms with Crippen LogP contribution in [0.4, 0.5) is 0 Å². The zero-order valence-electron chi connectivity index (χ0n) is 15.9. The summed E-state index contributed by atoms with van der Waals surface area (Å²) in [7, 11) is 0. The third kappa shape index (κ3) is 4.37. The molecule has 2 heterocycles. The Balaban J connectivity index is 1.73. The van der Waals surface area contributed by atoms with Gasteiger partial charge in [0, 0.05) is 17.5 Å². The van der Waals surface area contributed by atoms with Crippen LogP contribution in [0.3, 0.4) is 0 Å². The van der Waals surface area contributed by atoms with Crippen LogP contribution in [0.2, 0.25) is 5.02 Å². The number of nitrogens with zero attached hydrogens (tertiary/aromatic N) is 3. The maximum absolute atomic E-state index is 12.4. The Morgan fingerprint density at radius 1 is 1.04 bits per heavy atom. The summed E-state index contributed by atoms with van der Waals surface area (Å²) in [5, 5.41) is 4.22.